The van der Waals surface area contributed by atoms with Crippen LogP contribution in [0.5, 0.6) is 0 Å². The summed E-state index contributed by atoms with van der Waals surface area (Å²) in [7, 11) is 0. The van der Waals surface area contributed by atoms with Gasteiger partial charge in [0, 0.05) is 12.6 Å². The van der Waals surface area contributed by atoms with Gasteiger partial charge in [0.2, 0.25) is 0 Å². The fourth-order valence-electron chi connectivity index (χ4n) is 1.68. The van der Waals surface area contributed by atoms with Crippen LogP contribution in [0.3, 0.4) is 0 Å². The Morgan fingerprint density at radius 3 is 2.55 bits per heavy atom. The molecule has 0 spiro atoms. The van der Waals surface area contributed by atoms with E-state index in [9.17, 15) is 4.79 Å². The molecule has 1 heterocycles. The third kappa shape index (κ3) is 4.32. The fourth-order valence-corrected chi connectivity index (χ4v) is 2.17. The molecule has 0 atom stereocenters. The molecule has 2 rings (SSSR count). The average molecular weight is 339 g/mol. The molecule has 1 aromatic carbocycles. The van der Waals surface area contributed by atoms with Gasteiger partial charge in [0.1, 0.15) is 17.8 Å². The summed E-state index contributed by atoms with van der Waals surface area (Å²) in [5, 5.41) is 6.75. The van der Waals surface area contributed by atoms with E-state index in [1.165, 1.54) is 6.33 Å². The molecule has 1 amide bonds. The Hall–Kier alpha value is -1.85. The number of halogens is 2. The van der Waals surface area contributed by atoms with Crippen molar-refractivity contribution in [3.63, 3.8) is 0 Å². The van der Waals surface area contributed by atoms with E-state index < -0.39 is 0 Å². The highest BCUT2D eigenvalue weighted by Crippen LogP contribution is 2.31. The molecule has 2 aromatic rings. The van der Waals surface area contributed by atoms with Crippen LogP contribution < -0.4 is 10.6 Å². The Balaban J connectivity index is 2.17. The van der Waals surface area contributed by atoms with Crippen molar-refractivity contribution in [2.24, 2.45) is 5.92 Å². The molecule has 2 N–H and O–H groups in total. The van der Waals surface area contributed by atoms with E-state index >= 15 is 0 Å². The first-order valence-corrected chi connectivity index (χ1v) is 7.54. The van der Waals surface area contributed by atoms with E-state index in [0.717, 1.165) is 0 Å². The number of carbonyl (C=O) groups is 1. The number of nitrogens with one attached hydrogen (secondary N) is 2. The van der Waals surface area contributed by atoms with Gasteiger partial charge in [-0.25, -0.2) is 9.97 Å². The van der Waals surface area contributed by atoms with Crippen LogP contribution in [0.2, 0.25) is 10.0 Å². The number of hydrogen-bond donors (Lipinski definition) is 2. The number of nitrogens with zero attached hydrogens (tertiary/aromatic N) is 2. The minimum absolute atomic E-state index is 0.246. The van der Waals surface area contributed by atoms with Crippen LogP contribution in [-0.2, 0) is 0 Å². The molecule has 22 heavy (non-hydrogen) atoms. The van der Waals surface area contributed by atoms with Crippen molar-refractivity contribution in [1.29, 1.82) is 0 Å². The molecule has 0 fully saturated rings. The van der Waals surface area contributed by atoms with Crippen LogP contribution in [-0.4, -0.2) is 22.4 Å². The van der Waals surface area contributed by atoms with Crippen LogP contribution in [0.25, 0.3) is 0 Å². The first kappa shape index (κ1) is 16.5. The van der Waals surface area contributed by atoms with Gasteiger partial charge in [-0.2, -0.15) is 0 Å². The lowest BCUT2D eigenvalue weighted by Gasteiger charge is -2.11. The fraction of sp³-hybridized carbons (Fsp3) is 0.267. The van der Waals surface area contributed by atoms with Gasteiger partial charge in [-0.1, -0.05) is 43.1 Å². The third-order valence-corrected chi connectivity index (χ3v) is 3.42. The van der Waals surface area contributed by atoms with Crippen molar-refractivity contribution in [1.82, 2.24) is 15.3 Å². The summed E-state index contributed by atoms with van der Waals surface area (Å²) >= 11 is 12.2. The molecule has 0 radical (unpaired) electrons. The van der Waals surface area contributed by atoms with Crippen LogP contribution in [0.15, 0.2) is 30.6 Å². The maximum atomic E-state index is 12.0. The zero-order chi connectivity index (χ0) is 16.1. The quantitative estimate of drug-likeness (QED) is 0.867. The number of amides is 1. The molecular formula is C15H16Cl2N4O. The summed E-state index contributed by atoms with van der Waals surface area (Å²) in [6.07, 6.45) is 1.32. The molecule has 0 saturated carbocycles. The molecule has 0 bridgehead atoms. The molecule has 0 aliphatic carbocycles. The third-order valence-electron chi connectivity index (χ3n) is 2.79. The molecule has 0 unspecified atom stereocenters. The van der Waals surface area contributed by atoms with Crippen molar-refractivity contribution in [2.75, 3.05) is 11.9 Å². The molecule has 1 aromatic heterocycles. The predicted octanol–water partition coefficient (Wildman–Crippen LogP) is 3.91. The van der Waals surface area contributed by atoms with Gasteiger partial charge >= 0.3 is 0 Å². The first-order valence-electron chi connectivity index (χ1n) is 6.78. The van der Waals surface area contributed by atoms with Crippen molar-refractivity contribution in [3.05, 3.63) is 46.3 Å². The number of benzene rings is 1. The lowest BCUT2D eigenvalue weighted by Crippen LogP contribution is -2.28. The highest BCUT2D eigenvalue weighted by atomic mass is 35.5. The van der Waals surface area contributed by atoms with Gasteiger partial charge in [0.05, 0.1) is 15.7 Å². The molecule has 0 saturated heterocycles. The van der Waals surface area contributed by atoms with Crippen molar-refractivity contribution >= 4 is 40.6 Å². The number of aromatic nitrogens is 2. The second-order valence-electron chi connectivity index (χ2n) is 5.11. The standard InChI is InChI=1S/C15H16Cl2N4O/c1-9(2)7-18-15(22)12-6-13(20-8-19-12)21-14-10(16)4-3-5-11(14)17/h3-6,8-9H,7H2,1-2H3,(H,18,22)(H,19,20,21). The summed E-state index contributed by atoms with van der Waals surface area (Å²) in [5.74, 6) is 0.564. The molecular weight excluding hydrogens is 323 g/mol. The van der Waals surface area contributed by atoms with Gasteiger partial charge in [-0.3, -0.25) is 4.79 Å². The molecule has 5 nitrogen and oxygen atoms in total. The van der Waals surface area contributed by atoms with E-state index in [2.05, 4.69) is 20.6 Å². The highest BCUT2D eigenvalue weighted by molar-refractivity contribution is 6.39. The monoisotopic (exact) mass is 338 g/mol. The van der Waals surface area contributed by atoms with Crippen LogP contribution in [0.4, 0.5) is 11.5 Å². The minimum Gasteiger partial charge on any atom is -0.350 e. The zero-order valence-electron chi connectivity index (χ0n) is 12.2. The summed E-state index contributed by atoms with van der Waals surface area (Å²) in [5.41, 5.74) is 0.819. The van der Waals surface area contributed by atoms with Crippen molar-refractivity contribution in [3.8, 4) is 0 Å². The minimum atomic E-state index is -0.246. The summed E-state index contributed by atoms with van der Waals surface area (Å²) in [6.45, 7) is 4.63. The lowest BCUT2D eigenvalue weighted by atomic mass is 10.2. The van der Waals surface area contributed by atoms with E-state index in [1.807, 2.05) is 13.8 Å². The van der Waals surface area contributed by atoms with Crippen LogP contribution >= 0.6 is 23.2 Å². The number of rotatable bonds is 5. The Bertz CT molecular complexity index is 656. The van der Waals surface area contributed by atoms with Gasteiger partial charge in [-0.05, 0) is 18.1 Å². The zero-order valence-corrected chi connectivity index (χ0v) is 13.7. The second kappa shape index (κ2) is 7.42. The summed E-state index contributed by atoms with van der Waals surface area (Å²) < 4.78 is 0. The highest BCUT2D eigenvalue weighted by Gasteiger charge is 2.11. The Labute approximate surface area is 139 Å². The maximum Gasteiger partial charge on any atom is 0.270 e. The Kier molecular flexibility index (Phi) is 5.57. The van der Waals surface area contributed by atoms with Gasteiger partial charge < -0.3 is 10.6 Å². The maximum absolute atomic E-state index is 12.0. The first-order chi connectivity index (χ1) is 10.5. The number of hydrogen-bond acceptors (Lipinski definition) is 4. The van der Waals surface area contributed by atoms with E-state index in [0.29, 0.717) is 34.0 Å². The SMILES string of the molecule is CC(C)CNC(=O)c1cc(Nc2c(Cl)cccc2Cl)ncn1. The number of carbonyl (C=O) groups excluding carboxylic acids is 1. The Morgan fingerprint density at radius 1 is 1.23 bits per heavy atom. The topological polar surface area (TPSA) is 66.9 Å². The number of anilines is 2. The van der Waals surface area contributed by atoms with Crippen LogP contribution in [0.1, 0.15) is 24.3 Å². The number of para-hydroxylation sites is 1. The summed E-state index contributed by atoms with van der Waals surface area (Å²) in [4.78, 5) is 20.1. The Morgan fingerprint density at radius 2 is 1.91 bits per heavy atom. The summed E-state index contributed by atoms with van der Waals surface area (Å²) in [6, 6.07) is 6.73. The normalized spacial score (nSPS) is 10.6. The lowest BCUT2D eigenvalue weighted by molar-refractivity contribution is 0.0944. The van der Waals surface area contributed by atoms with Gasteiger partial charge in [-0.15, -0.1) is 0 Å². The van der Waals surface area contributed by atoms with Crippen LogP contribution in [0, 0.1) is 5.92 Å². The van der Waals surface area contributed by atoms with Crippen molar-refractivity contribution < 1.29 is 4.79 Å². The second-order valence-corrected chi connectivity index (χ2v) is 5.93. The van der Waals surface area contributed by atoms with E-state index in [1.54, 1.807) is 24.3 Å². The molecule has 7 heteroatoms. The van der Waals surface area contributed by atoms with Gasteiger partial charge in [0.25, 0.3) is 5.91 Å². The molecule has 116 valence electrons. The smallest absolute Gasteiger partial charge is 0.270 e. The van der Waals surface area contributed by atoms with E-state index in [4.69, 9.17) is 23.2 Å². The predicted molar refractivity (Wildman–Crippen MR) is 88.9 cm³/mol. The van der Waals surface area contributed by atoms with E-state index in [-0.39, 0.29) is 11.6 Å². The largest absolute Gasteiger partial charge is 0.350 e. The van der Waals surface area contributed by atoms with Gasteiger partial charge in [0.15, 0.2) is 0 Å². The molecule has 0 aliphatic rings. The molecule has 0 aliphatic heterocycles. The average Bonchev–Trinajstić information content (AvgIpc) is 2.49. The van der Waals surface area contributed by atoms with Crippen molar-refractivity contribution in [2.45, 2.75) is 13.8 Å².